The zero-order valence-electron chi connectivity index (χ0n) is 10.5. The summed E-state index contributed by atoms with van der Waals surface area (Å²) in [6.45, 7) is 6.75. The molecule has 0 aliphatic carbocycles. The summed E-state index contributed by atoms with van der Waals surface area (Å²) in [5, 5.41) is 0. The number of amides is 2. The number of urea groups is 1. The third-order valence-corrected chi connectivity index (χ3v) is 3.86. The van der Waals surface area contributed by atoms with Crippen molar-refractivity contribution in [1.82, 2.24) is 9.80 Å². The Bertz CT molecular complexity index is 262. The molecule has 4 nitrogen and oxygen atoms in total. The molecule has 16 heavy (non-hydrogen) atoms. The van der Waals surface area contributed by atoms with Gasteiger partial charge in [-0.05, 0) is 32.6 Å². The molecule has 0 bridgehead atoms. The summed E-state index contributed by atoms with van der Waals surface area (Å²) < 4.78 is 5.38. The molecule has 0 saturated carbocycles. The van der Waals surface area contributed by atoms with Crippen LogP contribution >= 0.6 is 0 Å². The maximum Gasteiger partial charge on any atom is 0.320 e. The molecule has 0 aromatic carbocycles. The average Bonchev–Trinajstić information content (AvgIpc) is 2.58. The first-order valence-electron chi connectivity index (χ1n) is 6.22. The molecule has 0 aromatic rings. The van der Waals surface area contributed by atoms with E-state index in [2.05, 4.69) is 13.8 Å². The van der Waals surface area contributed by atoms with Gasteiger partial charge in [0.2, 0.25) is 0 Å². The number of carbonyl (C=O) groups is 1. The predicted octanol–water partition coefficient (Wildman–Crippen LogP) is 1.56. The van der Waals surface area contributed by atoms with Crippen molar-refractivity contribution in [2.75, 3.05) is 26.8 Å². The molecule has 4 heteroatoms. The van der Waals surface area contributed by atoms with Gasteiger partial charge in [0.15, 0.2) is 0 Å². The topological polar surface area (TPSA) is 32.8 Å². The second kappa shape index (κ2) is 4.62. The molecule has 2 aliphatic heterocycles. The quantitative estimate of drug-likeness (QED) is 0.716. The van der Waals surface area contributed by atoms with E-state index in [0.29, 0.717) is 18.0 Å². The van der Waals surface area contributed by atoms with Crippen molar-refractivity contribution in [3.05, 3.63) is 0 Å². The minimum atomic E-state index is 0.187. The maximum atomic E-state index is 12.0. The Hall–Kier alpha value is -0.770. The largest absolute Gasteiger partial charge is 0.381 e. The van der Waals surface area contributed by atoms with E-state index in [-0.39, 0.29) is 6.03 Å². The first-order valence-corrected chi connectivity index (χ1v) is 6.22. The van der Waals surface area contributed by atoms with Crippen LogP contribution in [0.1, 0.15) is 26.7 Å². The number of ether oxygens (including phenoxy) is 1. The monoisotopic (exact) mass is 226 g/mol. The molecule has 2 heterocycles. The second-order valence-corrected chi connectivity index (χ2v) is 5.16. The van der Waals surface area contributed by atoms with Crippen LogP contribution in [0.15, 0.2) is 0 Å². The van der Waals surface area contributed by atoms with Gasteiger partial charge in [-0.25, -0.2) is 4.79 Å². The molecule has 1 unspecified atom stereocenters. The molecule has 2 aliphatic rings. The maximum absolute atomic E-state index is 12.0. The van der Waals surface area contributed by atoms with Gasteiger partial charge < -0.3 is 14.5 Å². The molecular weight excluding hydrogens is 204 g/mol. The molecule has 0 spiro atoms. The predicted molar refractivity (Wildman–Crippen MR) is 62.3 cm³/mol. The lowest BCUT2D eigenvalue weighted by molar-refractivity contribution is 0.0450. The zero-order valence-corrected chi connectivity index (χ0v) is 10.5. The van der Waals surface area contributed by atoms with Crippen molar-refractivity contribution in [3.8, 4) is 0 Å². The third kappa shape index (κ3) is 2.03. The summed E-state index contributed by atoms with van der Waals surface area (Å²) in [5.41, 5.74) is 0. The molecule has 0 radical (unpaired) electrons. The highest BCUT2D eigenvalue weighted by molar-refractivity contribution is 5.77. The van der Waals surface area contributed by atoms with Crippen LogP contribution in [0.25, 0.3) is 0 Å². The zero-order chi connectivity index (χ0) is 11.7. The fourth-order valence-corrected chi connectivity index (χ4v) is 2.74. The van der Waals surface area contributed by atoms with Crippen LogP contribution < -0.4 is 0 Å². The van der Waals surface area contributed by atoms with Gasteiger partial charge in [0, 0.05) is 32.8 Å². The molecular formula is C12H22N2O2. The van der Waals surface area contributed by atoms with Gasteiger partial charge >= 0.3 is 6.03 Å². The minimum Gasteiger partial charge on any atom is -0.381 e. The highest BCUT2D eigenvalue weighted by Gasteiger charge is 2.40. The number of carbonyl (C=O) groups excluding carboxylic acids is 1. The van der Waals surface area contributed by atoms with Gasteiger partial charge in [-0.3, -0.25) is 0 Å². The van der Waals surface area contributed by atoms with Crippen LogP contribution in [0.5, 0.6) is 0 Å². The molecule has 2 saturated heterocycles. The van der Waals surface area contributed by atoms with Crippen molar-refractivity contribution in [2.24, 2.45) is 5.92 Å². The Kier molecular flexibility index (Phi) is 3.38. The van der Waals surface area contributed by atoms with E-state index in [1.54, 1.807) is 0 Å². The third-order valence-electron chi connectivity index (χ3n) is 3.86. The van der Waals surface area contributed by atoms with E-state index in [1.165, 1.54) is 0 Å². The Balaban J connectivity index is 2.03. The summed E-state index contributed by atoms with van der Waals surface area (Å²) in [6, 6.07) is 0.880. The van der Waals surface area contributed by atoms with Gasteiger partial charge in [-0.1, -0.05) is 0 Å². The SMILES string of the molecule is CC(C)N1CC(C2CCOCC2)N(C)C1=O. The normalized spacial score (nSPS) is 28.2. The fourth-order valence-electron chi connectivity index (χ4n) is 2.74. The Morgan fingerprint density at radius 2 is 1.94 bits per heavy atom. The van der Waals surface area contributed by atoms with Crippen LogP contribution in [0, 0.1) is 5.92 Å². The first kappa shape index (κ1) is 11.7. The molecule has 2 fully saturated rings. The smallest absolute Gasteiger partial charge is 0.320 e. The summed E-state index contributed by atoms with van der Waals surface area (Å²) >= 11 is 0. The van der Waals surface area contributed by atoms with Gasteiger partial charge in [0.1, 0.15) is 0 Å². The Morgan fingerprint density at radius 3 is 2.44 bits per heavy atom. The molecule has 0 N–H and O–H groups in total. The van der Waals surface area contributed by atoms with Gasteiger partial charge in [0.05, 0.1) is 6.04 Å². The Morgan fingerprint density at radius 1 is 1.31 bits per heavy atom. The van der Waals surface area contributed by atoms with Crippen molar-refractivity contribution >= 4 is 6.03 Å². The van der Waals surface area contributed by atoms with Gasteiger partial charge in [-0.15, -0.1) is 0 Å². The van der Waals surface area contributed by atoms with Gasteiger partial charge in [0.25, 0.3) is 0 Å². The second-order valence-electron chi connectivity index (χ2n) is 5.16. The average molecular weight is 226 g/mol. The lowest BCUT2D eigenvalue weighted by Crippen LogP contribution is -2.38. The van der Waals surface area contributed by atoms with Crippen LogP contribution in [-0.4, -0.2) is 54.7 Å². The van der Waals surface area contributed by atoms with E-state index >= 15 is 0 Å². The van der Waals surface area contributed by atoms with Crippen molar-refractivity contribution in [2.45, 2.75) is 38.8 Å². The van der Waals surface area contributed by atoms with E-state index in [4.69, 9.17) is 4.74 Å². The fraction of sp³-hybridized carbons (Fsp3) is 0.917. The highest BCUT2D eigenvalue weighted by Crippen LogP contribution is 2.28. The van der Waals surface area contributed by atoms with Crippen molar-refractivity contribution in [3.63, 3.8) is 0 Å². The minimum absolute atomic E-state index is 0.187. The molecule has 2 amide bonds. The number of hydrogen-bond acceptors (Lipinski definition) is 2. The van der Waals surface area contributed by atoms with Crippen molar-refractivity contribution < 1.29 is 9.53 Å². The van der Waals surface area contributed by atoms with Crippen LogP contribution in [0.3, 0.4) is 0 Å². The lowest BCUT2D eigenvalue weighted by Gasteiger charge is -2.30. The van der Waals surface area contributed by atoms with E-state index in [1.807, 2.05) is 16.8 Å². The number of hydrogen-bond donors (Lipinski definition) is 0. The van der Waals surface area contributed by atoms with E-state index in [9.17, 15) is 4.79 Å². The first-order chi connectivity index (χ1) is 7.61. The van der Waals surface area contributed by atoms with Crippen LogP contribution in [-0.2, 0) is 4.74 Å². The molecule has 1 atom stereocenters. The summed E-state index contributed by atoms with van der Waals surface area (Å²) in [4.78, 5) is 15.9. The van der Waals surface area contributed by atoms with Crippen LogP contribution in [0.2, 0.25) is 0 Å². The van der Waals surface area contributed by atoms with Crippen LogP contribution in [0.4, 0.5) is 4.79 Å². The van der Waals surface area contributed by atoms with E-state index in [0.717, 1.165) is 32.6 Å². The summed E-state index contributed by atoms with van der Waals surface area (Å²) in [6.07, 6.45) is 2.18. The number of nitrogens with zero attached hydrogens (tertiary/aromatic N) is 2. The summed E-state index contributed by atoms with van der Waals surface area (Å²) in [7, 11) is 1.94. The number of likely N-dealkylation sites (N-methyl/N-ethyl adjacent to an activating group) is 1. The lowest BCUT2D eigenvalue weighted by atomic mass is 9.91. The van der Waals surface area contributed by atoms with E-state index < -0.39 is 0 Å². The standard InChI is InChI=1S/C12H22N2O2/c1-9(2)14-8-11(13(3)12(14)15)10-4-6-16-7-5-10/h9-11H,4-8H2,1-3H3. The van der Waals surface area contributed by atoms with Gasteiger partial charge in [-0.2, -0.15) is 0 Å². The molecule has 0 aromatic heterocycles. The molecule has 92 valence electrons. The Labute approximate surface area is 97.5 Å². The van der Waals surface area contributed by atoms with Crippen molar-refractivity contribution in [1.29, 1.82) is 0 Å². The number of rotatable bonds is 2. The summed E-state index contributed by atoms with van der Waals surface area (Å²) in [5.74, 6) is 0.617. The highest BCUT2D eigenvalue weighted by atomic mass is 16.5. The molecule has 2 rings (SSSR count).